The van der Waals surface area contributed by atoms with E-state index >= 15 is 0 Å². The molecule has 0 saturated carbocycles. The monoisotopic (exact) mass is 322 g/mol. The zero-order valence-corrected chi connectivity index (χ0v) is 11.7. The summed E-state index contributed by atoms with van der Waals surface area (Å²) in [5, 5.41) is 51.5. The molecule has 2 radical (unpaired) electrons. The van der Waals surface area contributed by atoms with Crippen LogP contribution < -0.4 is 0 Å². The molecule has 0 rings (SSSR count). The molecule has 0 heterocycles. The summed E-state index contributed by atoms with van der Waals surface area (Å²) in [6.07, 6.45) is -9.28. The van der Waals surface area contributed by atoms with E-state index in [4.69, 9.17) is 30.6 Å². The number of carbonyl (C=O) groups is 2. The van der Waals surface area contributed by atoms with Gasteiger partial charge in [-0.05, 0) is 0 Å². The van der Waals surface area contributed by atoms with Crippen LogP contribution in [0.15, 0.2) is 0 Å². The van der Waals surface area contributed by atoms with Gasteiger partial charge in [-0.2, -0.15) is 0 Å². The van der Waals surface area contributed by atoms with Gasteiger partial charge in [0.05, 0.1) is 0 Å². The first-order chi connectivity index (χ1) is 6.29. The second-order valence-corrected chi connectivity index (χ2v) is 2.55. The molecule has 13 heteroatoms. The summed E-state index contributed by atoms with van der Waals surface area (Å²) in [5.74, 6) is -3.68. The van der Waals surface area contributed by atoms with E-state index in [1.54, 1.807) is 0 Å². The summed E-state index contributed by atoms with van der Waals surface area (Å²) in [6, 6.07) is 0. The Hall–Kier alpha value is -0.120. The molecular weight excluding hydrogens is 304 g/mol. The minimum Gasteiger partial charge on any atom is -0.479 e. The van der Waals surface area contributed by atoms with Gasteiger partial charge >= 0.3 is 11.9 Å². The number of aliphatic hydroxyl groups excluding tert-OH is 4. The second-order valence-electron chi connectivity index (χ2n) is 2.55. The quantitative estimate of drug-likeness (QED) is 0.263. The van der Waals surface area contributed by atoms with Crippen LogP contribution in [-0.2, 0) is 9.59 Å². The van der Waals surface area contributed by atoms with Crippen molar-refractivity contribution in [3.63, 3.8) is 0 Å². The number of carboxylic acid groups (broad SMARTS) is 2. The first-order valence-corrected chi connectivity index (χ1v) is 3.47. The molecular formula is C6H18CaO12. The zero-order valence-electron chi connectivity index (χ0n) is 9.52. The Bertz CT molecular complexity index is 210. The van der Waals surface area contributed by atoms with Crippen LogP contribution in [0.3, 0.4) is 0 Å². The van der Waals surface area contributed by atoms with Crippen molar-refractivity contribution in [2.75, 3.05) is 0 Å². The number of hydrogen-bond acceptors (Lipinski definition) is 6. The van der Waals surface area contributed by atoms with Crippen LogP contribution in [0.1, 0.15) is 0 Å². The first kappa shape index (κ1) is 36.4. The molecule has 0 fully saturated rings. The molecule has 19 heavy (non-hydrogen) atoms. The Labute approximate surface area is 136 Å². The smallest absolute Gasteiger partial charge is 0.335 e. The van der Waals surface area contributed by atoms with E-state index in [1.165, 1.54) is 0 Å². The van der Waals surface area contributed by atoms with Crippen molar-refractivity contribution in [1.29, 1.82) is 0 Å². The molecule has 0 spiro atoms. The van der Waals surface area contributed by atoms with Crippen molar-refractivity contribution in [3.8, 4) is 0 Å². The third kappa shape index (κ3) is 11.4. The molecule has 4 atom stereocenters. The molecule has 0 bridgehead atoms. The van der Waals surface area contributed by atoms with E-state index < -0.39 is 36.4 Å². The van der Waals surface area contributed by atoms with Crippen LogP contribution in [0.2, 0.25) is 0 Å². The third-order valence-corrected chi connectivity index (χ3v) is 1.50. The van der Waals surface area contributed by atoms with Crippen molar-refractivity contribution in [2.24, 2.45) is 0 Å². The fourth-order valence-corrected chi connectivity index (χ4v) is 0.666. The molecule has 0 aromatic carbocycles. The van der Waals surface area contributed by atoms with E-state index in [-0.39, 0.29) is 59.6 Å². The second kappa shape index (κ2) is 15.9. The molecule has 0 aromatic heterocycles. The van der Waals surface area contributed by atoms with E-state index in [2.05, 4.69) is 0 Å². The maximum atomic E-state index is 10.1. The number of aliphatic hydroxyl groups is 4. The third-order valence-electron chi connectivity index (χ3n) is 1.50. The Balaban J connectivity index is -0.0000000845. The van der Waals surface area contributed by atoms with Gasteiger partial charge in [0.15, 0.2) is 12.2 Å². The van der Waals surface area contributed by atoms with Gasteiger partial charge in [-0.25, -0.2) is 9.59 Å². The number of carboxylic acids is 2. The normalized spacial score (nSPS) is 14.3. The molecule has 0 aliphatic rings. The van der Waals surface area contributed by atoms with Crippen LogP contribution >= 0.6 is 0 Å². The van der Waals surface area contributed by atoms with Gasteiger partial charge in [-0.1, -0.05) is 0 Å². The van der Waals surface area contributed by atoms with Crippen LogP contribution in [0.25, 0.3) is 0 Å². The van der Waals surface area contributed by atoms with Gasteiger partial charge in [-0.15, -0.1) is 0 Å². The standard InChI is InChI=1S/C6H10O8.Ca.4H2O/c7-1(3(9)5(11)12)2(8)4(10)6(13)14;;;;;/h1-4,7-10H,(H,11,12)(H,13,14);;4*1H2. The largest absolute Gasteiger partial charge is 0.479 e. The Morgan fingerprint density at radius 2 is 0.789 bits per heavy atom. The first-order valence-electron chi connectivity index (χ1n) is 3.47. The van der Waals surface area contributed by atoms with E-state index in [9.17, 15) is 9.59 Å². The van der Waals surface area contributed by atoms with Gasteiger partial charge in [0, 0.05) is 37.7 Å². The molecule has 12 nitrogen and oxygen atoms in total. The molecule has 0 saturated heterocycles. The van der Waals surface area contributed by atoms with E-state index in [0.29, 0.717) is 0 Å². The molecule has 0 aromatic rings. The van der Waals surface area contributed by atoms with Crippen LogP contribution in [-0.4, -0.2) is 127 Å². The fourth-order valence-electron chi connectivity index (χ4n) is 0.666. The summed E-state index contributed by atoms with van der Waals surface area (Å²) in [4.78, 5) is 20.2. The zero-order chi connectivity index (χ0) is 11.5. The van der Waals surface area contributed by atoms with E-state index in [1.807, 2.05) is 0 Å². The van der Waals surface area contributed by atoms with Crippen molar-refractivity contribution in [2.45, 2.75) is 24.4 Å². The molecule has 0 aliphatic carbocycles. The average Bonchev–Trinajstić information content (AvgIpc) is 2.12. The Kier molecular flexibility index (Phi) is 30.5. The fraction of sp³-hybridized carbons (Fsp3) is 0.667. The molecule has 14 N–H and O–H groups in total. The van der Waals surface area contributed by atoms with Crippen molar-refractivity contribution in [3.05, 3.63) is 0 Å². The summed E-state index contributed by atoms with van der Waals surface area (Å²) >= 11 is 0. The predicted octanol–water partition coefficient (Wildman–Crippen LogP) is -7.08. The number of hydrogen-bond donors (Lipinski definition) is 6. The Morgan fingerprint density at radius 3 is 0.895 bits per heavy atom. The Morgan fingerprint density at radius 1 is 0.632 bits per heavy atom. The molecule has 4 unspecified atom stereocenters. The van der Waals surface area contributed by atoms with Crippen LogP contribution in [0, 0.1) is 0 Å². The van der Waals surface area contributed by atoms with Gasteiger partial charge in [0.25, 0.3) is 0 Å². The van der Waals surface area contributed by atoms with Gasteiger partial charge in [0.2, 0.25) is 0 Å². The minimum atomic E-state index is -2.36. The SMILES string of the molecule is O.O.O.O.O=C(O)C(O)C(O)C(O)C(O)C(=O)O.[Ca]. The van der Waals surface area contributed by atoms with Crippen molar-refractivity contribution in [1.82, 2.24) is 0 Å². The maximum absolute atomic E-state index is 10.1. The summed E-state index contributed by atoms with van der Waals surface area (Å²) in [6.45, 7) is 0. The topological polar surface area (TPSA) is 282 Å². The van der Waals surface area contributed by atoms with Crippen molar-refractivity contribution >= 4 is 49.7 Å². The maximum Gasteiger partial charge on any atom is 0.335 e. The van der Waals surface area contributed by atoms with Gasteiger partial charge in [0.1, 0.15) is 12.2 Å². The summed E-state index contributed by atoms with van der Waals surface area (Å²) in [7, 11) is 0. The predicted molar refractivity (Wildman–Crippen MR) is 59.5 cm³/mol. The molecule has 116 valence electrons. The van der Waals surface area contributed by atoms with E-state index in [0.717, 1.165) is 0 Å². The number of aliphatic carboxylic acids is 2. The average molecular weight is 322 g/mol. The van der Waals surface area contributed by atoms with Crippen LogP contribution in [0.4, 0.5) is 0 Å². The molecule has 0 amide bonds. The molecule has 0 aliphatic heterocycles. The van der Waals surface area contributed by atoms with Crippen molar-refractivity contribution < 1.29 is 62.1 Å². The van der Waals surface area contributed by atoms with Gasteiger partial charge in [-0.3, -0.25) is 0 Å². The number of rotatable bonds is 5. The minimum absolute atomic E-state index is 0. The summed E-state index contributed by atoms with van der Waals surface area (Å²) in [5.41, 5.74) is 0. The van der Waals surface area contributed by atoms with Crippen LogP contribution in [0.5, 0.6) is 0 Å². The summed E-state index contributed by atoms with van der Waals surface area (Å²) < 4.78 is 0. The van der Waals surface area contributed by atoms with Gasteiger partial charge < -0.3 is 52.5 Å².